The van der Waals surface area contributed by atoms with E-state index in [9.17, 15) is 24.0 Å². The van der Waals surface area contributed by atoms with Crippen molar-refractivity contribution < 1.29 is 29.1 Å². The summed E-state index contributed by atoms with van der Waals surface area (Å²) in [7, 11) is 0. The summed E-state index contributed by atoms with van der Waals surface area (Å²) in [5.74, 6) is -4.70. The maximum atomic E-state index is 12.6. The predicted molar refractivity (Wildman–Crippen MR) is 115 cm³/mol. The Morgan fingerprint density at radius 2 is 1.55 bits per heavy atom. The summed E-state index contributed by atoms with van der Waals surface area (Å²) < 4.78 is 0. The number of carbonyl (C=O) groups excluding carboxylic acids is 4. The van der Waals surface area contributed by atoms with Gasteiger partial charge in [0, 0.05) is 12.3 Å². The van der Waals surface area contributed by atoms with E-state index in [1.165, 1.54) is 6.92 Å². The largest absolute Gasteiger partial charge is 0.480 e. The minimum Gasteiger partial charge on any atom is -0.480 e. The quantitative estimate of drug-likeness (QED) is 0.0523. The van der Waals surface area contributed by atoms with E-state index in [1.54, 1.807) is 0 Å². The molecule has 0 spiro atoms. The number of guanidine groups is 1. The molecule has 0 saturated heterocycles. The van der Waals surface area contributed by atoms with Gasteiger partial charge in [-0.15, -0.1) is 0 Å². The predicted octanol–water partition coefficient (Wildman–Crippen LogP) is -4.27. The number of nitrogens with two attached hydrogens (primary N) is 4. The lowest BCUT2D eigenvalue weighted by Gasteiger charge is -2.23. The third-order valence-corrected chi connectivity index (χ3v) is 4.28. The number of thiol groups is 1. The molecule has 31 heavy (non-hydrogen) atoms. The minimum atomic E-state index is -1.58. The van der Waals surface area contributed by atoms with Crippen LogP contribution < -0.4 is 38.9 Å². The Labute approximate surface area is 184 Å². The van der Waals surface area contributed by atoms with Crippen LogP contribution >= 0.6 is 12.6 Å². The van der Waals surface area contributed by atoms with Gasteiger partial charge >= 0.3 is 5.97 Å². The molecule has 4 amide bonds. The average molecular weight is 463 g/mol. The fourth-order valence-corrected chi connectivity index (χ4v) is 2.38. The van der Waals surface area contributed by atoms with E-state index in [-0.39, 0.29) is 31.1 Å². The van der Waals surface area contributed by atoms with Gasteiger partial charge in [0.05, 0.1) is 12.5 Å². The van der Waals surface area contributed by atoms with Gasteiger partial charge in [-0.1, -0.05) is 0 Å². The first kappa shape index (κ1) is 27.9. The van der Waals surface area contributed by atoms with E-state index in [4.69, 9.17) is 28.0 Å². The number of carboxylic acids is 1. The number of rotatable bonds is 14. The lowest BCUT2D eigenvalue weighted by Crippen LogP contribution is -2.56. The van der Waals surface area contributed by atoms with Gasteiger partial charge in [-0.3, -0.25) is 24.2 Å². The summed E-state index contributed by atoms with van der Waals surface area (Å²) in [5.41, 5.74) is 21.0. The molecule has 0 rings (SSSR count). The van der Waals surface area contributed by atoms with E-state index >= 15 is 0 Å². The molecule has 0 fully saturated rings. The van der Waals surface area contributed by atoms with Crippen molar-refractivity contribution in [3.05, 3.63) is 0 Å². The van der Waals surface area contributed by atoms with E-state index in [2.05, 4.69) is 33.6 Å². The highest BCUT2D eigenvalue weighted by Crippen LogP contribution is 2.02. The fourth-order valence-electron chi connectivity index (χ4n) is 2.21. The van der Waals surface area contributed by atoms with E-state index in [0.29, 0.717) is 0 Å². The third-order valence-electron chi connectivity index (χ3n) is 3.88. The molecule has 0 radical (unpaired) electrons. The Morgan fingerprint density at radius 1 is 0.968 bits per heavy atom. The first-order valence-corrected chi connectivity index (χ1v) is 9.86. The Bertz CT molecular complexity index is 700. The van der Waals surface area contributed by atoms with Gasteiger partial charge in [0.15, 0.2) is 5.96 Å². The SMILES string of the molecule is CC(NC(=O)C(N)CS)C(=O)NC(CCCN=C(N)N)C(=O)NC(CC(N)=O)C(=O)O. The number of aliphatic imine (C=N–C) groups is 1. The molecule has 0 aromatic rings. The van der Waals surface area contributed by atoms with Crippen LogP contribution in [-0.2, 0) is 24.0 Å². The number of carbonyl (C=O) groups is 5. The number of primary amides is 1. The molecule has 4 unspecified atom stereocenters. The van der Waals surface area contributed by atoms with Crippen LogP contribution in [0.2, 0.25) is 0 Å². The standard InChI is InChI=1S/C16H30N8O6S/c1-7(22-13(27)8(17)6-31)12(26)23-9(3-2-4-21-16(19)20)14(28)24-10(15(29)30)5-11(18)25/h7-10,31H,2-6,17H2,1H3,(H2,18,25)(H,22,27)(H,23,26)(H,24,28)(H,29,30)(H4,19,20,21). The minimum absolute atomic E-state index is 0.0358. The average Bonchev–Trinajstić information content (AvgIpc) is 2.67. The number of hydrogen-bond acceptors (Lipinski definition) is 8. The van der Waals surface area contributed by atoms with Crippen molar-refractivity contribution in [2.75, 3.05) is 12.3 Å². The van der Waals surface area contributed by atoms with Crippen LogP contribution in [0.4, 0.5) is 0 Å². The van der Waals surface area contributed by atoms with Crippen molar-refractivity contribution in [1.29, 1.82) is 0 Å². The first-order chi connectivity index (χ1) is 14.4. The zero-order valence-electron chi connectivity index (χ0n) is 17.0. The first-order valence-electron chi connectivity index (χ1n) is 9.23. The number of nitrogens with zero attached hydrogens (tertiary/aromatic N) is 1. The van der Waals surface area contributed by atoms with Crippen LogP contribution in [0.1, 0.15) is 26.2 Å². The zero-order valence-corrected chi connectivity index (χ0v) is 17.9. The Morgan fingerprint density at radius 3 is 2.03 bits per heavy atom. The normalized spacial score (nSPS) is 14.3. The van der Waals surface area contributed by atoms with Crippen LogP contribution in [0.3, 0.4) is 0 Å². The highest BCUT2D eigenvalue weighted by molar-refractivity contribution is 7.80. The molecule has 0 bridgehead atoms. The second kappa shape index (κ2) is 14.0. The summed E-state index contributed by atoms with van der Waals surface area (Å²) in [6, 6.07) is -4.75. The topological polar surface area (TPSA) is 258 Å². The summed E-state index contributed by atoms with van der Waals surface area (Å²) in [6.07, 6.45) is -0.340. The summed E-state index contributed by atoms with van der Waals surface area (Å²) in [5, 5.41) is 16.1. The zero-order chi connectivity index (χ0) is 24.1. The molecule has 0 aliphatic heterocycles. The Balaban J connectivity index is 5.25. The highest BCUT2D eigenvalue weighted by atomic mass is 32.1. The lowest BCUT2D eigenvalue weighted by molar-refractivity contribution is -0.143. The van der Waals surface area contributed by atoms with Gasteiger partial charge in [0.2, 0.25) is 23.6 Å². The van der Waals surface area contributed by atoms with Gasteiger partial charge in [-0.05, 0) is 19.8 Å². The number of nitrogens with one attached hydrogen (secondary N) is 3. The Kier molecular flexibility index (Phi) is 12.6. The highest BCUT2D eigenvalue weighted by Gasteiger charge is 2.29. The molecule has 0 aliphatic carbocycles. The molecular formula is C16H30N8O6S. The van der Waals surface area contributed by atoms with E-state index in [0.717, 1.165) is 0 Å². The number of amides is 4. The molecule has 176 valence electrons. The molecule has 12 N–H and O–H groups in total. The van der Waals surface area contributed by atoms with Gasteiger partial charge in [-0.25, -0.2) is 4.79 Å². The third kappa shape index (κ3) is 11.6. The van der Waals surface area contributed by atoms with Crippen molar-refractivity contribution in [3.63, 3.8) is 0 Å². The molecule has 0 aromatic heterocycles. The Hall–Kier alpha value is -3.07. The molecule has 0 aromatic carbocycles. The van der Waals surface area contributed by atoms with Crippen molar-refractivity contribution in [3.8, 4) is 0 Å². The van der Waals surface area contributed by atoms with Crippen molar-refractivity contribution in [2.45, 2.75) is 50.4 Å². The van der Waals surface area contributed by atoms with Crippen molar-refractivity contribution >= 4 is 48.2 Å². The summed E-state index contributed by atoms with van der Waals surface area (Å²) >= 11 is 3.90. The molecule has 14 nitrogen and oxygen atoms in total. The fraction of sp³-hybridized carbons (Fsp3) is 0.625. The smallest absolute Gasteiger partial charge is 0.326 e. The van der Waals surface area contributed by atoms with Gasteiger partial charge in [-0.2, -0.15) is 12.6 Å². The van der Waals surface area contributed by atoms with Crippen LogP contribution in [0, 0.1) is 0 Å². The molecule has 0 saturated carbocycles. The van der Waals surface area contributed by atoms with Crippen LogP contribution in [0.15, 0.2) is 4.99 Å². The molecule has 15 heteroatoms. The summed E-state index contributed by atoms with van der Waals surface area (Å²) in [4.78, 5) is 62.8. The molecule has 0 heterocycles. The van der Waals surface area contributed by atoms with Crippen molar-refractivity contribution in [2.24, 2.45) is 27.9 Å². The van der Waals surface area contributed by atoms with Gasteiger partial charge in [0.1, 0.15) is 18.1 Å². The monoisotopic (exact) mass is 462 g/mol. The maximum absolute atomic E-state index is 12.6. The second-order valence-corrected chi connectivity index (χ2v) is 6.96. The van der Waals surface area contributed by atoms with E-state index < -0.39 is 60.2 Å². The van der Waals surface area contributed by atoms with Crippen LogP contribution in [0.25, 0.3) is 0 Å². The second-order valence-electron chi connectivity index (χ2n) is 6.60. The number of hydrogen-bond donors (Lipinski definition) is 9. The lowest BCUT2D eigenvalue weighted by atomic mass is 10.1. The van der Waals surface area contributed by atoms with Gasteiger partial charge in [0.25, 0.3) is 0 Å². The van der Waals surface area contributed by atoms with Gasteiger partial charge < -0.3 is 44.0 Å². The molecule has 0 aliphatic rings. The molecule has 4 atom stereocenters. The number of aliphatic carboxylic acids is 1. The molecular weight excluding hydrogens is 432 g/mol. The van der Waals surface area contributed by atoms with Crippen molar-refractivity contribution in [1.82, 2.24) is 16.0 Å². The number of carboxylic acid groups (broad SMARTS) is 1. The summed E-state index contributed by atoms with van der Waals surface area (Å²) in [6.45, 7) is 1.52. The van der Waals surface area contributed by atoms with Crippen LogP contribution in [-0.4, -0.2) is 77.1 Å². The van der Waals surface area contributed by atoms with Crippen LogP contribution in [0.5, 0.6) is 0 Å². The maximum Gasteiger partial charge on any atom is 0.326 e. The van der Waals surface area contributed by atoms with E-state index in [1.807, 2.05) is 0 Å².